The van der Waals surface area contributed by atoms with Gasteiger partial charge >= 0.3 is 0 Å². The average Bonchev–Trinajstić information content (AvgIpc) is 3.06. The summed E-state index contributed by atoms with van der Waals surface area (Å²) in [5.41, 5.74) is 3.23. The van der Waals surface area contributed by atoms with Gasteiger partial charge in [-0.05, 0) is 62.5 Å². The smallest absolute Gasteiger partial charge is 0.240 e. The van der Waals surface area contributed by atoms with Crippen LogP contribution in [-0.2, 0) is 16.6 Å². The summed E-state index contributed by atoms with van der Waals surface area (Å²) < 4.78 is 30.5. The zero-order chi connectivity index (χ0) is 18.9. The van der Waals surface area contributed by atoms with E-state index < -0.39 is 10.0 Å². The first-order valence-corrected chi connectivity index (χ1v) is 10.9. The highest BCUT2D eigenvalue weighted by atomic mass is 32.2. The van der Waals surface area contributed by atoms with Crippen molar-refractivity contribution in [2.75, 3.05) is 13.1 Å². The van der Waals surface area contributed by atoms with Gasteiger partial charge in [0.05, 0.1) is 11.4 Å². The molecule has 1 aliphatic rings. The Kier molecular flexibility index (Phi) is 5.04. The van der Waals surface area contributed by atoms with Crippen molar-refractivity contribution in [2.45, 2.75) is 37.2 Å². The maximum atomic E-state index is 12.7. The maximum absolute atomic E-state index is 12.7. The van der Waals surface area contributed by atoms with Crippen molar-refractivity contribution in [1.29, 1.82) is 0 Å². The van der Waals surface area contributed by atoms with Gasteiger partial charge in [0.15, 0.2) is 0 Å². The van der Waals surface area contributed by atoms with Gasteiger partial charge in [-0.2, -0.15) is 0 Å². The summed E-state index contributed by atoms with van der Waals surface area (Å²) in [6, 6.07) is 17.7. The van der Waals surface area contributed by atoms with E-state index in [4.69, 9.17) is 0 Å². The van der Waals surface area contributed by atoms with Crippen LogP contribution in [0.2, 0.25) is 0 Å². The van der Waals surface area contributed by atoms with E-state index in [1.165, 1.54) is 5.52 Å². The van der Waals surface area contributed by atoms with Gasteiger partial charge in [-0.3, -0.25) is 0 Å². The number of piperidine rings is 1. The predicted molar refractivity (Wildman–Crippen MR) is 108 cm³/mol. The van der Waals surface area contributed by atoms with Crippen LogP contribution >= 0.6 is 0 Å². The van der Waals surface area contributed by atoms with Gasteiger partial charge in [0, 0.05) is 17.3 Å². The monoisotopic (exact) mass is 383 g/mol. The molecule has 1 fully saturated rings. The maximum Gasteiger partial charge on any atom is 0.240 e. The Labute approximate surface area is 160 Å². The predicted octanol–water partition coefficient (Wildman–Crippen LogP) is 3.35. The third-order valence-electron chi connectivity index (χ3n) is 5.28. The highest BCUT2D eigenvalue weighted by Crippen LogP contribution is 2.29. The molecule has 0 bridgehead atoms. The minimum Gasteiger partial charge on any atom is -0.340 e. The molecule has 1 aromatic heterocycles. The van der Waals surface area contributed by atoms with Gasteiger partial charge in [0.25, 0.3) is 0 Å². The van der Waals surface area contributed by atoms with Gasteiger partial charge in [-0.1, -0.05) is 35.9 Å². The SMILES string of the molecule is Cc1ccc(S(=O)(=O)NCc2cc3ccccc3n2C2CCNCC2)cc1. The van der Waals surface area contributed by atoms with Crippen LogP contribution in [0.3, 0.4) is 0 Å². The van der Waals surface area contributed by atoms with Crippen LogP contribution in [0.4, 0.5) is 0 Å². The second kappa shape index (κ2) is 7.46. The zero-order valence-electron chi connectivity index (χ0n) is 15.5. The number of hydrogen-bond acceptors (Lipinski definition) is 3. The van der Waals surface area contributed by atoms with Crippen LogP contribution in [-0.4, -0.2) is 26.1 Å². The Hall–Kier alpha value is -2.15. The van der Waals surface area contributed by atoms with Crippen LogP contribution in [0, 0.1) is 6.92 Å². The molecule has 2 N–H and O–H groups in total. The van der Waals surface area contributed by atoms with E-state index in [0.29, 0.717) is 10.9 Å². The summed E-state index contributed by atoms with van der Waals surface area (Å²) >= 11 is 0. The molecule has 3 aromatic rings. The van der Waals surface area contributed by atoms with Crippen molar-refractivity contribution in [2.24, 2.45) is 0 Å². The van der Waals surface area contributed by atoms with Crippen molar-refractivity contribution in [1.82, 2.24) is 14.6 Å². The van der Waals surface area contributed by atoms with Crippen LogP contribution < -0.4 is 10.0 Å². The number of benzene rings is 2. The molecule has 1 saturated heterocycles. The molecule has 5 nitrogen and oxygen atoms in total. The summed E-state index contributed by atoms with van der Waals surface area (Å²) in [6.07, 6.45) is 2.10. The Morgan fingerprint density at radius 2 is 1.78 bits per heavy atom. The minimum atomic E-state index is -3.54. The number of aryl methyl sites for hydroxylation is 1. The molecule has 2 heterocycles. The summed E-state index contributed by atoms with van der Waals surface area (Å²) in [5.74, 6) is 0. The highest BCUT2D eigenvalue weighted by molar-refractivity contribution is 7.89. The molecule has 142 valence electrons. The number of rotatable bonds is 5. The number of aromatic nitrogens is 1. The molecule has 0 aliphatic carbocycles. The molecular weight excluding hydrogens is 358 g/mol. The van der Waals surface area contributed by atoms with E-state index in [1.54, 1.807) is 12.1 Å². The topological polar surface area (TPSA) is 63.1 Å². The van der Waals surface area contributed by atoms with Crippen molar-refractivity contribution in [3.05, 3.63) is 65.9 Å². The van der Waals surface area contributed by atoms with E-state index in [1.807, 2.05) is 31.2 Å². The van der Waals surface area contributed by atoms with Crippen LogP contribution in [0.15, 0.2) is 59.5 Å². The normalized spacial score (nSPS) is 16.0. The lowest BCUT2D eigenvalue weighted by Crippen LogP contribution is -2.31. The molecule has 0 saturated carbocycles. The van der Waals surface area contributed by atoms with Gasteiger partial charge in [-0.15, -0.1) is 0 Å². The lowest BCUT2D eigenvalue weighted by Gasteiger charge is -2.27. The molecule has 0 radical (unpaired) electrons. The quantitative estimate of drug-likeness (QED) is 0.710. The summed E-state index contributed by atoms with van der Waals surface area (Å²) in [4.78, 5) is 0.303. The number of para-hydroxylation sites is 1. The van der Waals surface area contributed by atoms with Crippen molar-refractivity contribution in [3.63, 3.8) is 0 Å². The molecule has 4 rings (SSSR count). The molecule has 0 amide bonds. The first kappa shape index (κ1) is 18.2. The first-order valence-electron chi connectivity index (χ1n) is 9.40. The van der Waals surface area contributed by atoms with Gasteiger partial charge in [0.2, 0.25) is 10.0 Å². The average molecular weight is 384 g/mol. The molecule has 6 heteroatoms. The van der Waals surface area contributed by atoms with Gasteiger partial charge in [-0.25, -0.2) is 13.1 Å². The Morgan fingerprint density at radius 1 is 1.07 bits per heavy atom. The summed E-state index contributed by atoms with van der Waals surface area (Å²) in [6.45, 7) is 4.22. The second-order valence-electron chi connectivity index (χ2n) is 7.18. The fraction of sp³-hybridized carbons (Fsp3) is 0.333. The van der Waals surface area contributed by atoms with Crippen molar-refractivity contribution in [3.8, 4) is 0 Å². The van der Waals surface area contributed by atoms with Crippen molar-refractivity contribution < 1.29 is 8.42 Å². The van der Waals surface area contributed by atoms with E-state index in [0.717, 1.165) is 42.6 Å². The third-order valence-corrected chi connectivity index (χ3v) is 6.69. The molecule has 0 atom stereocenters. The highest BCUT2D eigenvalue weighted by Gasteiger charge is 2.21. The lowest BCUT2D eigenvalue weighted by molar-refractivity contribution is 0.368. The first-order chi connectivity index (χ1) is 13.0. The van der Waals surface area contributed by atoms with Crippen molar-refractivity contribution >= 4 is 20.9 Å². The van der Waals surface area contributed by atoms with Crippen LogP contribution in [0.25, 0.3) is 10.9 Å². The van der Waals surface area contributed by atoms with Gasteiger partial charge < -0.3 is 9.88 Å². The second-order valence-corrected chi connectivity index (χ2v) is 8.95. The number of fused-ring (bicyclic) bond motifs is 1. The Bertz CT molecular complexity index is 1030. The minimum absolute atomic E-state index is 0.287. The molecule has 1 aliphatic heterocycles. The van der Waals surface area contributed by atoms with Crippen LogP contribution in [0.5, 0.6) is 0 Å². The van der Waals surface area contributed by atoms with E-state index in [2.05, 4.69) is 32.8 Å². The van der Waals surface area contributed by atoms with E-state index in [9.17, 15) is 8.42 Å². The molecule has 0 spiro atoms. The third kappa shape index (κ3) is 3.78. The number of hydrogen-bond donors (Lipinski definition) is 2. The molecule has 0 unspecified atom stereocenters. The molecular formula is C21H25N3O2S. The Balaban J connectivity index is 1.64. The van der Waals surface area contributed by atoms with Gasteiger partial charge in [0.1, 0.15) is 0 Å². The number of nitrogens with one attached hydrogen (secondary N) is 2. The Morgan fingerprint density at radius 3 is 2.52 bits per heavy atom. The summed E-state index contributed by atoms with van der Waals surface area (Å²) in [7, 11) is -3.54. The van der Waals surface area contributed by atoms with Crippen LogP contribution in [0.1, 0.15) is 30.1 Å². The zero-order valence-corrected chi connectivity index (χ0v) is 16.3. The largest absolute Gasteiger partial charge is 0.340 e. The van der Waals surface area contributed by atoms with E-state index >= 15 is 0 Å². The van der Waals surface area contributed by atoms with E-state index in [-0.39, 0.29) is 6.54 Å². The fourth-order valence-corrected chi connectivity index (χ4v) is 4.83. The summed E-state index contributed by atoms with van der Waals surface area (Å²) in [5, 5.41) is 4.55. The standard InChI is InChI=1S/C21H25N3O2S/c1-16-6-8-20(9-7-16)27(25,26)23-15-19-14-17-4-2-3-5-21(17)24(19)18-10-12-22-13-11-18/h2-9,14,18,22-23H,10-13,15H2,1H3. The number of nitrogens with zero attached hydrogens (tertiary/aromatic N) is 1. The molecule has 27 heavy (non-hydrogen) atoms. The molecule has 2 aromatic carbocycles. The fourth-order valence-electron chi connectivity index (χ4n) is 3.83. The number of sulfonamides is 1. The lowest BCUT2D eigenvalue weighted by atomic mass is 10.1.